The van der Waals surface area contributed by atoms with Gasteiger partial charge in [-0.3, -0.25) is 10.1 Å². The summed E-state index contributed by atoms with van der Waals surface area (Å²) >= 11 is 0. The highest BCUT2D eigenvalue weighted by Gasteiger charge is 2.11. The maximum atomic E-state index is 11.8. The number of rotatable bonds is 6. The number of ether oxygens (including phenoxy) is 1. The number of anilines is 1. The van der Waals surface area contributed by atoms with Crippen molar-refractivity contribution in [3.05, 3.63) is 36.0 Å². The van der Waals surface area contributed by atoms with Gasteiger partial charge in [0.2, 0.25) is 5.88 Å². The highest BCUT2D eigenvalue weighted by molar-refractivity contribution is 7.90. The molecule has 0 saturated heterocycles. The molecule has 1 aromatic heterocycles. The Kier molecular flexibility index (Phi) is 5.05. The number of hydrogen-bond donors (Lipinski definition) is 1. The Balaban J connectivity index is 1.88. The zero-order valence-corrected chi connectivity index (χ0v) is 13.9. The van der Waals surface area contributed by atoms with Crippen LogP contribution in [0, 0.1) is 0 Å². The van der Waals surface area contributed by atoms with Crippen molar-refractivity contribution in [2.75, 3.05) is 18.2 Å². The molecule has 0 aliphatic heterocycles. The summed E-state index contributed by atoms with van der Waals surface area (Å²) < 4.78 is 33.0. The molecule has 0 radical (unpaired) electrons. The normalized spacial score (nSPS) is 11.5. The van der Waals surface area contributed by atoms with E-state index in [2.05, 4.69) is 10.5 Å². The molecule has 0 aliphatic rings. The molecule has 1 aromatic carbocycles. The lowest BCUT2D eigenvalue weighted by Gasteiger charge is -2.06. The third-order valence-corrected chi connectivity index (χ3v) is 4.13. The van der Waals surface area contributed by atoms with Crippen molar-refractivity contribution in [1.82, 2.24) is 5.16 Å². The minimum Gasteiger partial charge on any atom is -0.484 e. The van der Waals surface area contributed by atoms with Gasteiger partial charge < -0.3 is 9.26 Å². The van der Waals surface area contributed by atoms with Crippen LogP contribution < -0.4 is 10.1 Å². The Morgan fingerprint density at radius 2 is 1.96 bits per heavy atom. The molecule has 0 bridgehead atoms. The minimum atomic E-state index is -3.25. The highest BCUT2D eigenvalue weighted by atomic mass is 32.2. The molecule has 7 nitrogen and oxygen atoms in total. The number of carbonyl (C=O) groups excluding carboxylic acids is 1. The fraction of sp³-hybridized carbons (Fsp3) is 0.333. The molecule has 8 heteroatoms. The first kappa shape index (κ1) is 17.0. The molecular formula is C15H18N2O5S. The molecule has 0 saturated carbocycles. The lowest BCUT2D eigenvalue weighted by Crippen LogP contribution is -2.19. The van der Waals surface area contributed by atoms with Gasteiger partial charge in [0.05, 0.1) is 10.6 Å². The maximum absolute atomic E-state index is 11.8. The molecule has 2 aromatic rings. The largest absolute Gasteiger partial charge is 0.484 e. The van der Waals surface area contributed by atoms with Gasteiger partial charge >= 0.3 is 0 Å². The van der Waals surface area contributed by atoms with Crippen LogP contribution in [-0.2, 0) is 14.6 Å². The van der Waals surface area contributed by atoms with Gasteiger partial charge in [0, 0.05) is 12.3 Å². The van der Waals surface area contributed by atoms with Crippen LogP contribution in [0.3, 0.4) is 0 Å². The summed E-state index contributed by atoms with van der Waals surface area (Å²) in [6.45, 7) is 3.70. The predicted octanol–water partition coefficient (Wildman–Crippen LogP) is 2.22. The van der Waals surface area contributed by atoms with Crippen molar-refractivity contribution in [2.45, 2.75) is 24.7 Å². The first-order valence-corrected chi connectivity index (χ1v) is 8.84. The average Bonchev–Trinajstić information content (AvgIpc) is 2.93. The Labute approximate surface area is 134 Å². The molecule has 1 heterocycles. The van der Waals surface area contributed by atoms with Crippen molar-refractivity contribution < 1.29 is 22.5 Å². The van der Waals surface area contributed by atoms with Gasteiger partial charge in [-0.1, -0.05) is 19.0 Å². The van der Waals surface area contributed by atoms with Gasteiger partial charge in [-0.25, -0.2) is 8.42 Å². The number of benzene rings is 1. The summed E-state index contributed by atoms with van der Waals surface area (Å²) in [4.78, 5) is 12.0. The van der Waals surface area contributed by atoms with Crippen LogP contribution in [0.5, 0.6) is 5.75 Å². The maximum Gasteiger partial charge on any atom is 0.264 e. The summed E-state index contributed by atoms with van der Waals surface area (Å²) in [5.74, 6) is 0.459. The number of sulfone groups is 1. The molecule has 0 spiro atoms. The van der Waals surface area contributed by atoms with Crippen LogP contribution in [0.25, 0.3) is 0 Å². The number of nitrogens with one attached hydrogen (secondary N) is 1. The van der Waals surface area contributed by atoms with Crippen LogP contribution in [0.15, 0.2) is 39.8 Å². The van der Waals surface area contributed by atoms with E-state index in [-0.39, 0.29) is 23.3 Å². The van der Waals surface area contributed by atoms with E-state index in [9.17, 15) is 13.2 Å². The molecule has 0 atom stereocenters. The lowest BCUT2D eigenvalue weighted by molar-refractivity contribution is -0.118. The average molecular weight is 338 g/mol. The van der Waals surface area contributed by atoms with Crippen LogP contribution in [0.1, 0.15) is 25.5 Å². The molecule has 23 heavy (non-hydrogen) atoms. The Hall–Kier alpha value is -2.35. The van der Waals surface area contributed by atoms with Crippen molar-refractivity contribution in [3.63, 3.8) is 0 Å². The van der Waals surface area contributed by atoms with E-state index in [4.69, 9.17) is 9.26 Å². The molecule has 1 N–H and O–H groups in total. The fourth-order valence-electron chi connectivity index (χ4n) is 1.73. The van der Waals surface area contributed by atoms with Gasteiger partial charge in [-0.05, 0) is 30.2 Å². The second-order valence-corrected chi connectivity index (χ2v) is 7.37. The van der Waals surface area contributed by atoms with Crippen LogP contribution in [0.4, 0.5) is 5.88 Å². The van der Waals surface area contributed by atoms with Gasteiger partial charge in [0.15, 0.2) is 16.4 Å². The standard InChI is InChI=1S/C15H18N2O5S/c1-10(2)13-8-15(22-17-13)16-14(18)9-21-11-4-6-12(7-5-11)23(3,19)20/h4-8,10H,9H2,1-3H3,(H,16,18). The van der Waals surface area contributed by atoms with Crippen molar-refractivity contribution in [1.29, 1.82) is 0 Å². The second kappa shape index (κ2) is 6.82. The zero-order valence-electron chi connectivity index (χ0n) is 13.1. The third kappa shape index (κ3) is 4.82. The predicted molar refractivity (Wildman–Crippen MR) is 84.3 cm³/mol. The number of aromatic nitrogens is 1. The van der Waals surface area contributed by atoms with E-state index < -0.39 is 15.7 Å². The summed E-state index contributed by atoms with van der Waals surface area (Å²) in [5, 5.41) is 6.37. The van der Waals surface area contributed by atoms with E-state index in [0.717, 1.165) is 11.9 Å². The molecule has 0 aliphatic carbocycles. The molecule has 0 unspecified atom stereocenters. The van der Waals surface area contributed by atoms with Crippen molar-refractivity contribution >= 4 is 21.6 Å². The monoisotopic (exact) mass is 338 g/mol. The van der Waals surface area contributed by atoms with E-state index in [1.807, 2.05) is 13.8 Å². The van der Waals surface area contributed by atoms with Gasteiger partial charge in [0.25, 0.3) is 5.91 Å². The number of carbonyl (C=O) groups is 1. The first-order valence-electron chi connectivity index (χ1n) is 6.95. The molecule has 1 amide bonds. The zero-order chi connectivity index (χ0) is 17.0. The Bertz CT molecular complexity index is 778. The fourth-order valence-corrected chi connectivity index (χ4v) is 2.36. The van der Waals surface area contributed by atoms with E-state index >= 15 is 0 Å². The molecule has 0 fully saturated rings. The lowest BCUT2D eigenvalue weighted by atomic mass is 10.1. The van der Waals surface area contributed by atoms with Gasteiger partial charge in [-0.15, -0.1) is 0 Å². The van der Waals surface area contributed by atoms with Crippen molar-refractivity contribution in [3.8, 4) is 5.75 Å². The second-order valence-electron chi connectivity index (χ2n) is 5.35. The molecular weight excluding hydrogens is 320 g/mol. The van der Waals surface area contributed by atoms with Crippen LogP contribution in [0.2, 0.25) is 0 Å². The number of amides is 1. The SMILES string of the molecule is CC(C)c1cc(NC(=O)COc2ccc(S(C)(=O)=O)cc2)on1. The molecule has 124 valence electrons. The van der Waals surface area contributed by atoms with E-state index in [1.54, 1.807) is 6.07 Å². The number of hydrogen-bond acceptors (Lipinski definition) is 6. The Morgan fingerprint density at radius 3 is 2.48 bits per heavy atom. The summed E-state index contributed by atoms with van der Waals surface area (Å²) in [5.41, 5.74) is 0.748. The quantitative estimate of drug-likeness (QED) is 0.867. The topological polar surface area (TPSA) is 98.5 Å². The summed E-state index contributed by atoms with van der Waals surface area (Å²) in [6.07, 6.45) is 1.12. The highest BCUT2D eigenvalue weighted by Crippen LogP contribution is 2.18. The smallest absolute Gasteiger partial charge is 0.264 e. The summed E-state index contributed by atoms with van der Waals surface area (Å²) in [7, 11) is -3.25. The van der Waals surface area contributed by atoms with E-state index in [1.165, 1.54) is 24.3 Å². The molecule has 2 rings (SSSR count). The van der Waals surface area contributed by atoms with Crippen LogP contribution >= 0.6 is 0 Å². The number of nitrogens with zero attached hydrogens (tertiary/aromatic N) is 1. The van der Waals surface area contributed by atoms with Crippen LogP contribution in [-0.4, -0.2) is 32.3 Å². The van der Waals surface area contributed by atoms with Gasteiger partial charge in [0.1, 0.15) is 5.75 Å². The van der Waals surface area contributed by atoms with Gasteiger partial charge in [-0.2, -0.15) is 0 Å². The Morgan fingerprint density at radius 1 is 1.30 bits per heavy atom. The third-order valence-electron chi connectivity index (χ3n) is 3.00. The van der Waals surface area contributed by atoms with E-state index in [0.29, 0.717) is 5.75 Å². The van der Waals surface area contributed by atoms with Crippen molar-refractivity contribution in [2.24, 2.45) is 0 Å². The first-order chi connectivity index (χ1) is 10.8. The summed E-state index contributed by atoms with van der Waals surface area (Å²) in [6, 6.07) is 7.50. The minimum absolute atomic E-state index is 0.192.